The van der Waals surface area contributed by atoms with Gasteiger partial charge in [-0.15, -0.1) is 11.3 Å². The standard InChI is InChI=1S/C58H38N2S/c1-5-16-43-32-48(28-24-39(43)12-1)59(49-29-25-40-13-2-6-17-44(40)33-49)52-36-47(54-21-11-22-56-55-20-9-10-23-57(55)61-58(54)56)37-53(38-52)60(50-30-26-41-14-3-7-18-45(41)34-50)51-31-27-42-15-4-8-19-46(42)35-51/h1-38H. The predicted octanol–water partition coefficient (Wildman–Crippen LogP) is 17.3. The van der Waals surface area contributed by atoms with Gasteiger partial charge in [-0.3, -0.25) is 0 Å². The Bertz CT molecular complexity index is 3300. The lowest BCUT2D eigenvalue weighted by Gasteiger charge is -2.31. The molecule has 0 radical (unpaired) electrons. The lowest BCUT2D eigenvalue weighted by molar-refractivity contribution is 1.26. The van der Waals surface area contributed by atoms with E-state index in [1.54, 1.807) is 0 Å². The van der Waals surface area contributed by atoms with Crippen molar-refractivity contribution < 1.29 is 0 Å². The molecule has 0 unspecified atom stereocenters. The Morgan fingerprint density at radius 1 is 0.262 bits per heavy atom. The normalized spacial score (nSPS) is 11.6. The number of hydrogen-bond acceptors (Lipinski definition) is 3. The van der Waals surface area contributed by atoms with Gasteiger partial charge in [-0.1, -0.05) is 158 Å². The highest BCUT2D eigenvalue weighted by atomic mass is 32.1. The lowest BCUT2D eigenvalue weighted by atomic mass is 9.99. The molecule has 0 bridgehead atoms. The van der Waals surface area contributed by atoms with E-state index in [9.17, 15) is 0 Å². The molecule has 0 saturated carbocycles. The van der Waals surface area contributed by atoms with Gasteiger partial charge in [-0.05, 0) is 127 Å². The van der Waals surface area contributed by atoms with Crippen LogP contribution >= 0.6 is 11.3 Å². The van der Waals surface area contributed by atoms with Gasteiger partial charge >= 0.3 is 0 Å². The molecule has 11 aromatic carbocycles. The Kier molecular flexibility index (Phi) is 8.39. The van der Waals surface area contributed by atoms with Gasteiger partial charge < -0.3 is 9.80 Å². The molecular formula is C58H38N2S. The zero-order chi connectivity index (χ0) is 40.3. The molecule has 0 amide bonds. The fourth-order valence-electron chi connectivity index (χ4n) is 9.14. The molecule has 286 valence electrons. The summed E-state index contributed by atoms with van der Waals surface area (Å²) in [5.74, 6) is 0. The average molecular weight is 795 g/mol. The highest BCUT2D eigenvalue weighted by Gasteiger charge is 2.22. The van der Waals surface area contributed by atoms with Crippen molar-refractivity contribution in [3.8, 4) is 11.1 Å². The molecular weight excluding hydrogens is 757 g/mol. The van der Waals surface area contributed by atoms with Crippen LogP contribution in [0.25, 0.3) is 74.4 Å². The second-order valence-electron chi connectivity index (χ2n) is 15.8. The molecule has 12 aromatic rings. The van der Waals surface area contributed by atoms with Gasteiger partial charge in [-0.25, -0.2) is 0 Å². The van der Waals surface area contributed by atoms with Crippen molar-refractivity contribution in [3.05, 3.63) is 231 Å². The third kappa shape index (κ3) is 6.26. The molecule has 0 atom stereocenters. The molecule has 1 aromatic heterocycles. The van der Waals surface area contributed by atoms with E-state index in [4.69, 9.17) is 0 Å². The van der Waals surface area contributed by atoms with Crippen molar-refractivity contribution >= 4 is 109 Å². The van der Waals surface area contributed by atoms with Gasteiger partial charge in [0.15, 0.2) is 0 Å². The number of rotatable bonds is 7. The Labute approximate surface area is 358 Å². The van der Waals surface area contributed by atoms with Gasteiger partial charge in [0.25, 0.3) is 0 Å². The van der Waals surface area contributed by atoms with E-state index in [1.165, 1.54) is 68.8 Å². The van der Waals surface area contributed by atoms with Crippen molar-refractivity contribution in [3.63, 3.8) is 0 Å². The maximum absolute atomic E-state index is 2.44. The van der Waals surface area contributed by atoms with Gasteiger partial charge in [0, 0.05) is 54.3 Å². The van der Waals surface area contributed by atoms with Gasteiger partial charge in [0.05, 0.1) is 0 Å². The van der Waals surface area contributed by atoms with Crippen LogP contribution < -0.4 is 9.80 Å². The number of fused-ring (bicyclic) bond motifs is 7. The topological polar surface area (TPSA) is 6.48 Å². The Morgan fingerprint density at radius 2 is 0.639 bits per heavy atom. The summed E-state index contributed by atoms with van der Waals surface area (Å²) in [6, 6.07) is 84.7. The summed E-state index contributed by atoms with van der Waals surface area (Å²) in [5.41, 5.74) is 8.91. The van der Waals surface area contributed by atoms with Gasteiger partial charge in [0.1, 0.15) is 0 Å². The molecule has 1 heterocycles. The van der Waals surface area contributed by atoms with E-state index in [1.807, 2.05) is 11.3 Å². The van der Waals surface area contributed by atoms with Crippen molar-refractivity contribution in [2.45, 2.75) is 0 Å². The second-order valence-corrected chi connectivity index (χ2v) is 16.9. The molecule has 0 aliphatic carbocycles. The van der Waals surface area contributed by atoms with Crippen LogP contribution in [0.1, 0.15) is 0 Å². The summed E-state index contributed by atoms with van der Waals surface area (Å²) >= 11 is 1.88. The van der Waals surface area contributed by atoms with Gasteiger partial charge in [-0.2, -0.15) is 0 Å². The van der Waals surface area contributed by atoms with Crippen molar-refractivity contribution in [1.82, 2.24) is 0 Å². The molecule has 12 rings (SSSR count). The first-order valence-electron chi connectivity index (χ1n) is 20.8. The first-order chi connectivity index (χ1) is 30.2. The third-order valence-electron chi connectivity index (χ3n) is 12.1. The van der Waals surface area contributed by atoms with Crippen molar-refractivity contribution in [1.29, 1.82) is 0 Å². The molecule has 0 fully saturated rings. The van der Waals surface area contributed by atoms with E-state index < -0.39 is 0 Å². The van der Waals surface area contributed by atoms with E-state index in [-0.39, 0.29) is 0 Å². The Hall–Kier alpha value is -7.72. The summed E-state index contributed by atoms with van der Waals surface area (Å²) < 4.78 is 2.59. The molecule has 0 N–H and O–H groups in total. The fourth-order valence-corrected chi connectivity index (χ4v) is 10.4. The zero-order valence-electron chi connectivity index (χ0n) is 33.2. The molecule has 0 aliphatic rings. The second kappa shape index (κ2) is 14.5. The average Bonchev–Trinajstić information content (AvgIpc) is 3.71. The first-order valence-corrected chi connectivity index (χ1v) is 21.6. The molecule has 2 nitrogen and oxygen atoms in total. The zero-order valence-corrected chi connectivity index (χ0v) is 34.1. The van der Waals surface area contributed by atoms with E-state index >= 15 is 0 Å². The Balaban J connectivity index is 1.17. The van der Waals surface area contributed by atoms with Crippen LogP contribution in [0.15, 0.2) is 231 Å². The first kappa shape index (κ1) is 35.2. The maximum Gasteiger partial charge on any atom is 0.0488 e. The largest absolute Gasteiger partial charge is 0.310 e. The van der Waals surface area contributed by atoms with Crippen LogP contribution in [0.2, 0.25) is 0 Å². The van der Waals surface area contributed by atoms with Crippen LogP contribution in [0.3, 0.4) is 0 Å². The van der Waals surface area contributed by atoms with E-state index in [2.05, 4.69) is 240 Å². The Morgan fingerprint density at radius 3 is 1.08 bits per heavy atom. The minimum Gasteiger partial charge on any atom is -0.310 e. The van der Waals surface area contributed by atoms with Gasteiger partial charge in [0.2, 0.25) is 0 Å². The van der Waals surface area contributed by atoms with Crippen molar-refractivity contribution in [2.24, 2.45) is 0 Å². The summed E-state index contributed by atoms with van der Waals surface area (Å²) in [6.07, 6.45) is 0. The number of nitrogens with zero attached hydrogens (tertiary/aromatic N) is 2. The molecule has 0 saturated heterocycles. The summed E-state index contributed by atoms with van der Waals surface area (Å²) in [6.45, 7) is 0. The van der Waals surface area contributed by atoms with E-state index in [0.717, 1.165) is 39.7 Å². The predicted molar refractivity (Wildman–Crippen MR) is 264 cm³/mol. The quantitative estimate of drug-likeness (QED) is 0.159. The minimum absolute atomic E-state index is 1.07. The molecule has 61 heavy (non-hydrogen) atoms. The summed E-state index contributed by atoms with van der Waals surface area (Å²) in [5, 5.41) is 12.2. The SMILES string of the molecule is c1ccc2cc(N(c3cc(-c4cccc5c4sc4ccccc45)cc(N(c4ccc5ccccc5c4)c4ccc5ccccc5c4)c3)c3ccc4ccccc4c3)ccc2c1. The molecule has 3 heteroatoms. The van der Waals surface area contributed by atoms with Crippen LogP contribution in [0, 0.1) is 0 Å². The smallest absolute Gasteiger partial charge is 0.0488 e. The minimum atomic E-state index is 1.07. The van der Waals surface area contributed by atoms with Crippen molar-refractivity contribution in [2.75, 3.05) is 9.80 Å². The number of hydrogen-bond donors (Lipinski definition) is 0. The summed E-state index contributed by atoms with van der Waals surface area (Å²) in [7, 11) is 0. The highest BCUT2D eigenvalue weighted by molar-refractivity contribution is 7.26. The van der Waals surface area contributed by atoms with Crippen LogP contribution in [0.4, 0.5) is 34.1 Å². The third-order valence-corrected chi connectivity index (χ3v) is 13.3. The highest BCUT2D eigenvalue weighted by Crippen LogP contribution is 2.47. The monoisotopic (exact) mass is 794 g/mol. The molecule has 0 aliphatic heterocycles. The molecule has 0 spiro atoms. The maximum atomic E-state index is 2.44. The van der Waals surface area contributed by atoms with Crippen LogP contribution in [-0.4, -0.2) is 0 Å². The number of benzene rings is 11. The number of anilines is 6. The fraction of sp³-hybridized carbons (Fsp3) is 0. The van der Waals surface area contributed by atoms with E-state index in [0.29, 0.717) is 0 Å². The van der Waals surface area contributed by atoms with Crippen LogP contribution in [-0.2, 0) is 0 Å². The van der Waals surface area contributed by atoms with Crippen LogP contribution in [0.5, 0.6) is 0 Å². The summed E-state index contributed by atoms with van der Waals surface area (Å²) in [4.78, 5) is 4.88. The number of thiophene rings is 1. The lowest BCUT2D eigenvalue weighted by Crippen LogP contribution is -2.14.